The van der Waals surface area contributed by atoms with E-state index in [0.717, 1.165) is 16.8 Å². The minimum Gasteiger partial charge on any atom is -0.326 e. The van der Waals surface area contributed by atoms with Crippen molar-refractivity contribution in [3.8, 4) is 5.69 Å². The molecule has 0 amide bonds. The van der Waals surface area contributed by atoms with Gasteiger partial charge in [0.25, 0.3) is 0 Å². The highest BCUT2D eigenvalue weighted by Gasteiger charge is 2.03. The van der Waals surface area contributed by atoms with Crippen LogP contribution in [0.25, 0.3) is 5.69 Å². The summed E-state index contributed by atoms with van der Waals surface area (Å²) in [6.07, 6.45) is 3.70. The van der Waals surface area contributed by atoms with E-state index in [4.69, 9.17) is 11.5 Å². The summed E-state index contributed by atoms with van der Waals surface area (Å²) in [5.41, 5.74) is 14.3. The van der Waals surface area contributed by atoms with Gasteiger partial charge in [-0.2, -0.15) is 5.10 Å². The standard InChI is InChI=1S/C11H14N4/c12-5-9-7-14-15(8-9)11-4-2-1-3-10(11)6-13/h1-4,7-8H,5-6,12-13H2. The van der Waals surface area contributed by atoms with Crippen molar-refractivity contribution in [2.45, 2.75) is 13.1 Å². The molecular weight excluding hydrogens is 188 g/mol. The van der Waals surface area contributed by atoms with Gasteiger partial charge in [-0.25, -0.2) is 4.68 Å². The van der Waals surface area contributed by atoms with E-state index in [0.29, 0.717) is 13.1 Å². The van der Waals surface area contributed by atoms with Crippen LogP contribution in [0.2, 0.25) is 0 Å². The summed E-state index contributed by atoms with van der Waals surface area (Å²) < 4.78 is 1.81. The van der Waals surface area contributed by atoms with Crippen LogP contribution in [0.15, 0.2) is 36.7 Å². The minimum absolute atomic E-state index is 0.505. The van der Waals surface area contributed by atoms with E-state index in [1.165, 1.54) is 0 Å². The average molecular weight is 202 g/mol. The lowest BCUT2D eigenvalue weighted by molar-refractivity contribution is 0.858. The molecule has 0 radical (unpaired) electrons. The Balaban J connectivity index is 2.44. The van der Waals surface area contributed by atoms with Crippen LogP contribution in [0.5, 0.6) is 0 Å². The predicted molar refractivity (Wildman–Crippen MR) is 59.3 cm³/mol. The molecular formula is C11H14N4. The highest BCUT2D eigenvalue weighted by Crippen LogP contribution is 2.13. The zero-order valence-electron chi connectivity index (χ0n) is 8.43. The van der Waals surface area contributed by atoms with E-state index in [2.05, 4.69) is 5.10 Å². The zero-order valence-corrected chi connectivity index (χ0v) is 8.43. The Bertz CT molecular complexity index is 447. The molecule has 0 fully saturated rings. The molecule has 0 spiro atoms. The molecule has 78 valence electrons. The molecule has 0 saturated carbocycles. The van der Waals surface area contributed by atoms with Gasteiger partial charge in [-0.15, -0.1) is 0 Å². The second-order valence-corrected chi connectivity index (χ2v) is 3.33. The Hall–Kier alpha value is -1.65. The molecule has 0 aliphatic heterocycles. The summed E-state index contributed by atoms with van der Waals surface area (Å²) in [7, 11) is 0. The third-order valence-corrected chi connectivity index (χ3v) is 2.33. The number of rotatable bonds is 3. The van der Waals surface area contributed by atoms with Crippen molar-refractivity contribution in [1.82, 2.24) is 9.78 Å². The van der Waals surface area contributed by atoms with Crippen molar-refractivity contribution in [2.24, 2.45) is 11.5 Å². The fourth-order valence-corrected chi connectivity index (χ4v) is 1.50. The summed E-state index contributed by atoms with van der Waals surface area (Å²) in [6, 6.07) is 7.94. The van der Waals surface area contributed by atoms with E-state index in [-0.39, 0.29) is 0 Å². The number of nitrogens with two attached hydrogens (primary N) is 2. The number of nitrogens with zero attached hydrogens (tertiary/aromatic N) is 2. The molecule has 1 heterocycles. The molecule has 0 saturated heterocycles. The first-order chi connectivity index (χ1) is 7.35. The molecule has 0 aliphatic carbocycles. The van der Waals surface area contributed by atoms with Gasteiger partial charge in [-0.05, 0) is 11.6 Å². The fraction of sp³-hybridized carbons (Fsp3) is 0.182. The first kappa shape index (κ1) is 9.89. The lowest BCUT2D eigenvalue weighted by Gasteiger charge is -2.06. The van der Waals surface area contributed by atoms with Gasteiger partial charge >= 0.3 is 0 Å². The third-order valence-electron chi connectivity index (χ3n) is 2.33. The van der Waals surface area contributed by atoms with Crippen molar-refractivity contribution in [1.29, 1.82) is 0 Å². The molecule has 4 nitrogen and oxygen atoms in total. The van der Waals surface area contributed by atoms with E-state index >= 15 is 0 Å². The third kappa shape index (κ3) is 1.91. The van der Waals surface area contributed by atoms with Crippen LogP contribution in [-0.2, 0) is 13.1 Å². The molecule has 0 unspecified atom stereocenters. The topological polar surface area (TPSA) is 69.9 Å². The van der Waals surface area contributed by atoms with Gasteiger partial charge in [0.2, 0.25) is 0 Å². The van der Waals surface area contributed by atoms with Crippen molar-refractivity contribution in [2.75, 3.05) is 0 Å². The molecule has 15 heavy (non-hydrogen) atoms. The van der Waals surface area contributed by atoms with Crippen LogP contribution in [0, 0.1) is 0 Å². The molecule has 1 aromatic heterocycles. The molecule has 0 atom stereocenters. The fourth-order valence-electron chi connectivity index (χ4n) is 1.50. The van der Waals surface area contributed by atoms with Gasteiger partial charge in [0.05, 0.1) is 11.9 Å². The number of benzene rings is 1. The highest BCUT2D eigenvalue weighted by atomic mass is 15.3. The molecule has 2 rings (SSSR count). The Morgan fingerprint density at radius 2 is 1.93 bits per heavy atom. The lowest BCUT2D eigenvalue weighted by atomic mass is 10.2. The van der Waals surface area contributed by atoms with Crippen molar-refractivity contribution in [3.05, 3.63) is 47.8 Å². The van der Waals surface area contributed by atoms with E-state index < -0.39 is 0 Å². The molecule has 0 bridgehead atoms. The lowest BCUT2D eigenvalue weighted by Crippen LogP contribution is -2.04. The normalized spacial score (nSPS) is 10.5. The Morgan fingerprint density at radius 3 is 2.60 bits per heavy atom. The van der Waals surface area contributed by atoms with Gasteiger partial charge in [0.1, 0.15) is 0 Å². The van der Waals surface area contributed by atoms with Gasteiger partial charge in [-0.3, -0.25) is 0 Å². The maximum absolute atomic E-state index is 5.66. The van der Waals surface area contributed by atoms with Crippen LogP contribution < -0.4 is 11.5 Å². The van der Waals surface area contributed by atoms with Crippen molar-refractivity contribution >= 4 is 0 Å². The first-order valence-electron chi connectivity index (χ1n) is 4.87. The van der Waals surface area contributed by atoms with Crippen LogP contribution in [0.4, 0.5) is 0 Å². The molecule has 2 aromatic rings. The van der Waals surface area contributed by atoms with Crippen molar-refractivity contribution < 1.29 is 0 Å². The van der Waals surface area contributed by atoms with Crippen LogP contribution in [0.1, 0.15) is 11.1 Å². The summed E-state index contributed by atoms with van der Waals surface area (Å²) in [5, 5.41) is 4.25. The molecule has 0 aliphatic rings. The summed E-state index contributed by atoms with van der Waals surface area (Å²) in [4.78, 5) is 0. The van der Waals surface area contributed by atoms with Gasteiger partial charge in [0.15, 0.2) is 0 Å². The number of para-hydroxylation sites is 1. The van der Waals surface area contributed by atoms with E-state index in [1.54, 1.807) is 6.20 Å². The largest absolute Gasteiger partial charge is 0.326 e. The second-order valence-electron chi connectivity index (χ2n) is 3.33. The maximum Gasteiger partial charge on any atom is 0.0690 e. The van der Waals surface area contributed by atoms with Crippen LogP contribution >= 0.6 is 0 Å². The van der Waals surface area contributed by atoms with Gasteiger partial charge < -0.3 is 11.5 Å². The minimum atomic E-state index is 0.505. The summed E-state index contributed by atoms with van der Waals surface area (Å²) >= 11 is 0. The van der Waals surface area contributed by atoms with Gasteiger partial charge in [-0.1, -0.05) is 18.2 Å². The van der Waals surface area contributed by atoms with Crippen molar-refractivity contribution in [3.63, 3.8) is 0 Å². The van der Waals surface area contributed by atoms with E-state index in [1.807, 2.05) is 35.1 Å². The molecule has 1 aromatic carbocycles. The SMILES string of the molecule is NCc1cnn(-c2ccccc2CN)c1. The molecule has 4 heteroatoms. The maximum atomic E-state index is 5.66. The number of aromatic nitrogens is 2. The quantitative estimate of drug-likeness (QED) is 0.773. The van der Waals surface area contributed by atoms with Gasteiger partial charge in [0, 0.05) is 24.8 Å². The zero-order chi connectivity index (χ0) is 10.7. The number of hydrogen-bond acceptors (Lipinski definition) is 3. The monoisotopic (exact) mass is 202 g/mol. The number of hydrogen-bond donors (Lipinski definition) is 2. The summed E-state index contributed by atoms with van der Waals surface area (Å²) in [6.45, 7) is 1.01. The average Bonchev–Trinajstić information content (AvgIpc) is 2.77. The van der Waals surface area contributed by atoms with Crippen LogP contribution in [-0.4, -0.2) is 9.78 Å². The first-order valence-corrected chi connectivity index (χ1v) is 4.87. The Labute approximate surface area is 88.5 Å². The Kier molecular flexibility index (Phi) is 2.80. The highest BCUT2D eigenvalue weighted by molar-refractivity contribution is 5.40. The summed E-state index contributed by atoms with van der Waals surface area (Å²) in [5.74, 6) is 0. The van der Waals surface area contributed by atoms with Crippen LogP contribution in [0.3, 0.4) is 0 Å². The second kappa shape index (κ2) is 4.25. The predicted octanol–water partition coefficient (Wildman–Crippen LogP) is 0.790. The molecule has 4 N–H and O–H groups in total. The Morgan fingerprint density at radius 1 is 1.13 bits per heavy atom. The smallest absolute Gasteiger partial charge is 0.0690 e. The van der Waals surface area contributed by atoms with E-state index in [9.17, 15) is 0 Å².